The largest absolute Gasteiger partial charge is 0.490 e. The summed E-state index contributed by atoms with van der Waals surface area (Å²) in [5.41, 5.74) is 3.77. The molecular weight excluding hydrogens is 472 g/mol. The molecule has 4 aromatic rings. The summed E-state index contributed by atoms with van der Waals surface area (Å²) < 4.78 is 11.5. The van der Waals surface area contributed by atoms with Gasteiger partial charge in [0.1, 0.15) is 0 Å². The van der Waals surface area contributed by atoms with Crippen LogP contribution in [0.2, 0.25) is 5.02 Å². The van der Waals surface area contributed by atoms with Gasteiger partial charge >= 0.3 is 0 Å². The molecule has 0 atom stereocenters. The summed E-state index contributed by atoms with van der Waals surface area (Å²) in [7, 11) is 0. The van der Waals surface area contributed by atoms with Gasteiger partial charge in [0.05, 0.1) is 23.3 Å². The number of carbonyl (C=O) groups is 1. The van der Waals surface area contributed by atoms with Gasteiger partial charge in [0.15, 0.2) is 18.1 Å². The number of ether oxygens (including phenoxy) is 2. The van der Waals surface area contributed by atoms with Crippen LogP contribution in [0.15, 0.2) is 78.9 Å². The number of amides is 1. The van der Waals surface area contributed by atoms with Crippen molar-refractivity contribution >= 4 is 45.6 Å². The third-order valence-electron chi connectivity index (χ3n) is 5.51. The van der Waals surface area contributed by atoms with Gasteiger partial charge in [-0.3, -0.25) is 4.79 Å². The average Bonchev–Trinajstić information content (AvgIpc) is 2.88. The van der Waals surface area contributed by atoms with E-state index in [0.29, 0.717) is 29.2 Å². The molecule has 5 nitrogen and oxygen atoms in total. The zero-order chi connectivity index (χ0) is 25.5. The van der Waals surface area contributed by atoms with Gasteiger partial charge in [0, 0.05) is 5.69 Å². The van der Waals surface area contributed by atoms with E-state index in [1.807, 2.05) is 80.6 Å². The first kappa shape index (κ1) is 24.8. The SMILES string of the molecule is CCOc1cc(/C=C(/C#N)c2ccc3ccccc3c2)cc(Cl)c1OCC(=O)Nc1ccc(C)cc1. The van der Waals surface area contributed by atoms with Crippen LogP contribution in [0.25, 0.3) is 22.4 Å². The van der Waals surface area contributed by atoms with E-state index in [2.05, 4.69) is 11.4 Å². The molecule has 0 spiro atoms. The van der Waals surface area contributed by atoms with Crippen molar-refractivity contribution in [2.45, 2.75) is 13.8 Å². The molecule has 0 saturated carbocycles. The fourth-order valence-corrected chi connectivity index (χ4v) is 4.02. The number of fused-ring (bicyclic) bond motifs is 1. The Morgan fingerprint density at radius 2 is 1.75 bits per heavy atom. The standard InChI is InChI=1S/C30H25ClN2O3/c1-3-35-28-16-21(14-25(18-32)24-11-10-22-6-4-5-7-23(22)17-24)15-27(31)30(28)36-19-29(34)33-26-12-8-20(2)9-13-26/h4-17H,3,19H2,1-2H3,(H,33,34)/b25-14-. The maximum Gasteiger partial charge on any atom is 0.262 e. The summed E-state index contributed by atoms with van der Waals surface area (Å²) in [6.07, 6.45) is 1.76. The monoisotopic (exact) mass is 496 g/mol. The number of aryl methyl sites for hydroxylation is 1. The minimum atomic E-state index is -0.315. The summed E-state index contributed by atoms with van der Waals surface area (Å²) in [4.78, 5) is 12.4. The minimum absolute atomic E-state index is 0.233. The van der Waals surface area contributed by atoms with E-state index in [9.17, 15) is 10.1 Å². The number of anilines is 1. The summed E-state index contributed by atoms with van der Waals surface area (Å²) in [5.74, 6) is 0.360. The molecule has 36 heavy (non-hydrogen) atoms. The highest BCUT2D eigenvalue weighted by atomic mass is 35.5. The summed E-state index contributed by atoms with van der Waals surface area (Å²) in [6, 6.07) is 27.1. The highest BCUT2D eigenvalue weighted by Crippen LogP contribution is 2.38. The van der Waals surface area contributed by atoms with E-state index in [-0.39, 0.29) is 23.3 Å². The lowest BCUT2D eigenvalue weighted by Crippen LogP contribution is -2.20. The van der Waals surface area contributed by atoms with Crippen molar-refractivity contribution < 1.29 is 14.3 Å². The Hall–Kier alpha value is -4.27. The van der Waals surface area contributed by atoms with Crippen LogP contribution in [0.5, 0.6) is 11.5 Å². The minimum Gasteiger partial charge on any atom is -0.490 e. The molecule has 1 amide bonds. The second-order valence-electron chi connectivity index (χ2n) is 8.20. The van der Waals surface area contributed by atoms with Crippen molar-refractivity contribution in [3.05, 3.63) is 101 Å². The maximum absolute atomic E-state index is 12.4. The Labute approximate surface area is 215 Å². The molecule has 0 fully saturated rings. The molecule has 0 aliphatic carbocycles. The number of nitrogens with zero attached hydrogens (tertiary/aromatic N) is 1. The second kappa shape index (κ2) is 11.4. The van der Waals surface area contributed by atoms with Crippen LogP contribution < -0.4 is 14.8 Å². The third-order valence-corrected chi connectivity index (χ3v) is 5.79. The molecule has 180 valence electrons. The van der Waals surface area contributed by atoms with Crippen molar-refractivity contribution in [2.75, 3.05) is 18.5 Å². The topological polar surface area (TPSA) is 71.3 Å². The molecule has 0 aromatic heterocycles. The van der Waals surface area contributed by atoms with Gasteiger partial charge in [-0.1, -0.05) is 65.7 Å². The van der Waals surface area contributed by atoms with Crippen molar-refractivity contribution in [1.82, 2.24) is 0 Å². The predicted octanol–water partition coefficient (Wildman–Crippen LogP) is 7.28. The summed E-state index contributed by atoms with van der Waals surface area (Å²) in [5, 5.41) is 15.1. The number of carbonyl (C=O) groups excluding carboxylic acids is 1. The van der Waals surface area contributed by atoms with Crippen LogP contribution in [0, 0.1) is 18.3 Å². The molecule has 0 heterocycles. The van der Waals surface area contributed by atoms with Gasteiger partial charge in [0.2, 0.25) is 0 Å². The van der Waals surface area contributed by atoms with Gasteiger partial charge in [-0.15, -0.1) is 0 Å². The highest BCUT2D eigenvalue weighted by molar-refractivity contribution is 6.32. The average molecular weight is 497 g/mol. The van der Waals surface area contributed by atoms with Gasteiger partial charge in [-0.05, 0) is 72.2 Å². The van der Waals surface area contributed by atoms with E-state index in [1.165, 1.54) is 0 Å². The Balaban J connectivity index is 1.56. The van der Waals surface area contributed by atoms with Crippen molar-refractivity contribution in [2.24, 2.45) is 0 Å². The molecule has 0 saturated heterocycles. The van der Waals surface area contributed by atoms with Gasteiger partial charge < -0.3 is 14.8 Å². The smallest absolute Gasteiger partial charge is 0.262 e. The number of benzene rings is 4. The van der Waals surface area contributed by atoms with Crippen LogP contribution in [0.3, 0.4) is 0 Å². The Morgan fingerprint density at radius 1 is 1.00 bits per heavy atom. The van der Waals surface area contributed by atoms with Crippen LogP contribution in [-0.2, 0) is 4.79 Å². The molecule has 1 N–H and O–H groups in total. The fourth-order valence-electron chi connectivity index (χ4n) is 3.75. The Bertz CT molecular complexity index is 1470. The number of nitrogens with one attached hydrogen (secondary N) is 1. The van der Waals surface area contributed by atoms with Crippen molar-refractivity contribution in [3.8, 4) is 17.6 Å². The highest BCUT2D eigenvalue weighted by Gasteiger charge is 2.15. The molecule has 0 aliphatic heterocycles. The van der Waals surface area contributed by atoms with Gasteiger partial charge in [0.25, 0.3) is 5.91 Å². The Morgan fingerprint density at radius 3 is 2.47 bits per heavy atom. The number of halogens is 1. The van der Waals surface area contributed by atoms with Crippen LogP contribution in [-0.4, -0.2) is 19.1 Å². The van der Waals surface area contributed by atoms with Gasteiger partial charge in [-0.25, -0.2) is 0 Å². The van der Waals surface area contributed by atoms with E-state index in [1.54, 1.807) is 18.2 Å². The molecule has 0 unspecified atom stereocenters. The molecular formula is C30H25ClN2O3. The fraction of sp³-hybridized carbons (Fsp3) is 0.133. The third kappa shape index (κ3) is 6.04. The summed E-state index contributed by atoms with van der Waals surface area (Å²) in [6.45, 7) is 3.97. The molecule has 0 bridgehead atoms. The number of rotatable bonds is 8. The van der Waals surface area contributed by atoms with Crippen LogP contribution in [0.4, 0.5) is 5.69 Å². The molecule has 4 aromatic carbocycles. The van der Waals surface area contributed by atoms with Crippen LogP contribution in [0.1, 0.15) is 23.6 Å². The zero-order valence-electron chi connectivity index (χ0n) is 20.0. The molecule has 6 heteroatoms. The lowest BCUT2D eigenvalue weighted by molar-refractivity contribution is -0.118. The summed E-state index contributed by atoms with van der Waals surface area (Å²) >= 11 is 6.53. The first-order chi connectivity index (χ1) is 17.5. The number of hydrogen-bond acceptors (Lipinski definition) is 4. The first-order valence-corrected chi connectivity index (χ1v) is 11.9. The first-order valence-electron chi connectivity index (χ1n) is 11.5. The van der Waals surface area contributed by atoms with E-state index in [0.717, 1.165) is 21.9 Å². The molecule has 0 aliphatic rings. The second-order valence-corrected chi connectivity index (χ2v) is 8.60. The van der Waals surface area contributed by atoms with E-state index in [4.69, 9.17) is 21.1 Å². The number of nitriles is 1. The normalized spacial score (nSPS) is 11.1. The maximum atomic E-state index is 12.4. The van der Waals surface area contributed by atoms with Gasteiger partial charge in [-0.2, -0.15) is 5.26 Å². The molecule has 0 radical (unpaired) electrons. The van der Waals surface area contributed by atoms with Crippen molar-refractivity contribution in [3.63, 3.8) is 0 Å². The Kier molecular flexibility index (Phi) is 7.89. The zero-order valence-corrected chi connectivity index (χ0v) is 20.8. The number of hydrogen-bond donors (Lipinski definition) is 1. The van der Waals surface area contributed by atoms with Crippen molar-refractivity contribution in [1.29, 1.82) is 5.26 Å². The molecule has 4 rings (SSSR count). The number of allylic oxidation sites excluding steroid dienone is 1. The lowest BCUT2D eigenvalue weighted by Gasteiger charge is -2.15. The van der Waals surface area contributed by atoms with E-state index < -0.39 is 0 Å². The lowest BCUT2D eigenvalue weighted by atomic mass is 10.00. The predicted molar refractivity (Wildman–Crippen MR) is 145 cm³/mol. The quantitative estimate of drug-likeness (QED) is 0.205. The van der Waals surface area contributed by atoms with E-state index >= 15 is 0 Å². The van der Waals surface area contributed by atoms with Crippen LogP contribution >= 0.6 is 11.6 Å².